The Morgan fingerprint density at radius 3 is 2.71 bits per heavy atom. The van der Waals surface area contributed by atoms with E-state index >= 15 is 0 Å². The van der Waals surface area contributed by atoms with Crippen molar-refractivity contribution < 1.29 is 22.8 Å². The van der Waals surface area contributed by atoms with Crippen LogP contribution in [0.3, 0.4) is 0 Å². The normalized spacial score (nSPS) is 14.0. The molecule has 3 amide bonds. The number of benzene rings is 1. The predicted octanol–water partition coefficient (Wildman–Crippen LogP) is 3.89. The molecule has 0 radical (unpaired) electrons. The van der Waals surface area contributed by atoms with Gasteiger partial charge in [0.15, 0.2) is 5.13 Å². The van der Waals surface area contributed by atoms with Crippen molar-refractivity contribution in [1.29, 1.82) is 0 Å². The summed E-state index contributed by atoms with van der Waals surface area (Å²) < 4.78 is 38.7. The Hall–Kier alpha value is -2.62. The lowest BCUT2D eigenvalue weighted by Crippen LogP contribution is -2.35. The number of hydrogen-bond donors (Lipinski definition) is 2. The molecule has 2 N–H and O–H groups in total. The smallest absolute Gasteiger partial charge is 0.336 e. The number of thiazole rings is 1. The van der Waals surface area contributed by atoms with Crippen LogP contribution >= 0.6 is 11.3 Å². The van der Waals surface area contributed by atoms with Gasteiger partial charge in [0.2, 0.25) is 0 Å². The van der Waals surface area contributed by atoms with Gasteiger partial charge in [-0.15, -0.1) is 0 Å². The van der Waals surface area contributed by atoms with E-state index in [9.17, 15) is 22.8 Å². The first kappa shape index (κ1) is 20.1. The SMILES string of the molecule is CC(C)NC(=O)Nc1nc2c(s1)CN(C(=O)c1cccc(C(F)(F)F)c1)CC2. The first-order valence-corrected chi connectivity index (χ1v) is 9.48. The zero-order valence-electron chi connectivity index (χ0n) is 15.3. The van der Waals surface area contributed by atoms with Crippen molar-refractivity contribution in [3.05, 3.63) is 46.0 Å². The van der Waals surface area contributed by atoms with E-state index in [4.69, 9.17) is 0 Å². The molecule has 2 heterocycles. The second kappa shape index (κ2) is 7.78. The van der Waals surface area contributed by atoms with Crippen molar-refractivity contribution in [1.82, 2.24) is 15.2 Å². The van der Waals surface area contributed by atoms with Crippen LogP contribution in [0.4, 0.5) is 23.1 Å². The van der Waals surface area contributed by atoms with E-state index in [1.165, 1.54) is 28.4 Å². The second-order valence-corrected chi connectivity index (χ2v) is 7.78. The highest BCUT2D eigenvalue weighted by molar-refractivity contribution is 7.15. The molecular formula is C18H19F3N4O2S. The fourth-order valence-corrected chi connectivity index (χ4v) is 3.85. The van der Waals surface area contributed by atoms with Crippen LogP contribution < -0.4 is 10.6 Å². The molecule has 1 aromatic carbocycles. The number of urea groups is 1. The van der Waals surface area contributed by atoms with Crippen LogP contribution in [0.25, 0.3) is 0 Å². The molecule has 1 aliphatic rings. The first-order chi connectivity index (χ1) is 13.1. The van der Waals surface area contributed by atoms with Crippen molar-refractivity contribution in [3.63, 3.8) is 0 Å². The lowest BCUT2D eigenvalue weighted by atomic mass is 10.1. The molecule has 3 rings (SSSR count). The van der Waals surface area contributed by atoms with Crippen molar-refractivity contribution in [2.24, 2.45) is 0 Å². The van der Waals surface area contributed by atoms with Crippen LogP contribution in [0.1, 0.15) is 40.3 Å². The fourth-order valence-electron chi connectivity index (χ4n) is 2.83. The lowest BCUT2D eigenvalue weighted by molar-refractivity contribution is -0.137. The minimum atomic E-state index is -4.50. The number of fused-ring (bicyclic) bond motifs is 1. The lowest BCUT2D eigenvalue weighted by Gasteiger charge is -2.26. The molecule has 150 valence electrons. The maximum atomic E-state index is 12.9. The molecule has 1 aromatic heterocycles. The van der Waals surface area contributed by atoms with Gasteiger partial charge in [-0.2, -0.15) is 13.2 Å². The number of carbonyl (C=O) groups is 2. The van der Waals surface area contributed by atoms with Crippen LogP contribution in [0.2, 0.25) is 0 Å². The number of anilines is 1. The Kier molecular flexibility index (Phi) is 5.59. The monoisotopic (exact) mass is 412 g/mol. The number of alkyl halides is 3. The molecule has 0 atom stereocenters. The maximum Gasteiger partial charge on any atom is 0.416 e. The summed E-state index contributed by atoms with van der Waals surface area (Å²) in [5.74, 6) is -0.461. The van der Waals surface area contributed by atoms with Crippen LogP contribution in [0.15, 0.2) is 24.3 Å². The number of amides is 3. The summed E-state index contributed by atoms with van der Waals surface area (Å²) in [6.07, 6.45) is -4.02. The van der Waals surface area contributed by atoms with Gasteiger partial charge in [0.05, 0.1) is 17.8 Å². The number of rotatable bonds is 3. The van der Waals surface area contributed by atoms with E-state index in [1.54, 1.807) is 0 Å². The second-order valence-electron chi connectivity index (χ2n) is 6.70. The Morgan fingerprint density at radius 2 is 2.04 bits per heavy atom. The number of carbonyl (C=O) groups excluding carboxylic acids is 2. The molecule has 28 heavy (non-hydrogen) atoms. The van der Waals surface area contributed by atoms with E-state index in [1.807, 2.05) is 13.8 Å². The summed E-state index contributed by atoms with van der Waals surface area (Å²) in [7, 11) is 0. The quantitative estimate of drug-likeness (QED) is 0.803. The largest absolute Gasteiger partial charge is 0.416 e. The summed E-state index contributed by atoms with van der Waals surface area (Å²) in [4.78, 5) is 31.1. The van der Waals surface area contributed by atoms with Crippen molar-refractivity contribution in [3.8, 4) is 0 Å². The average molecular weight is 412 g/mol. The van der Waals surface area contributed by atoms with Crippen LogP contribution in [0.5, 0.6) is 0 Å². The Morgan fingerprint density at radius 1 is 1.29 bits per heavy atom. The van der Waals surface area contributed by atoms with Gasteiger partial charge < -0.3 is 10.2 Å². The third kappa shape index (κ3) is 4.61. The van der Waals surface area contributed by atoms with Gasteiger partial charge in [0, 0.05) is 29.4 Å². The van der Waals surface area contributed by atoms with E-state index < -0.39 is 17.6 Å². The number of hydrogen-bond acceptors (Lipinski definition) is 4. The zero-order chi connectivity index (χ0) is 20.5. The summed E-state index contributed by atoms with van der Waals surface area (Å²) in [5.41, 5.74) is -0.0631. The highest BCUT2D eigenvalue weighted by atomic mass is 32.1. The highest BCUT2D eigenvalue weighted by Crippen LogP contribution is 2.31. The number of nitrogens with zero attached hydrogens (tertiary/aromatic N) is 2. The molecule has 2 aromatic rings. The van der Waals surface area contributed by atoms with Gasteiger partial charge in [0.1, 0.15) is 0 Å². The molecule has 0 saturated carbocycles. The minimum Gasteiger partial charge on any atom is -0.336 e. The summed E-state index contributed by atoms with van der Waals surface area (Å²) in [6.45, 7) is 4.27. The zero-order valence-corrected chi connectivity index (χ0v) is 16.1. The average Bonchev–Trinajstić information content (AvgIpc) is 3.00. The Bertz CT molecular complexity index is 895. The van der Waals surface area contributed by atoms with E-state index in [2.05, 4.69) is 15.6 Å². The van der Waals surface area contributed by atoms with Crippen molar-refractivity contribution >= 4 is 28.4 Å². The van der Waals surface area contributed by atoms with E-state index in [0.717, 1.165) is 22.7 Å². The van der Waals surface area contributed by atoms with Crippen LogP contribution in [-0.4, -0.2) is 34.4 Å². The van der Waals surface area contributed by atoms with Gasteiger partial charge in [0.25, 0.3) is 5.91 Å². The first-order valence-electron chi connectivity index (χ1n) is 8.66. The third-order valence-corrected chi connectivity index (χ3v) is 5.09. The van der Waals surface area contributed by atoms with Crippen LogP contribution in [-0.2, 0) is 19.1 Å². The molecule has 0 unspecified atom stereocenters. The van der Waals surface area contributed by atoms with Gasteiger partial charge in [-0.3, -0.25) is 10.1 Å². The van der Waals surface area contributed by atoms with Crippen molar-refractivity contribution in [2.45, 2.75) is 39.0 Å². The van der Waals surface area contributed by atoms with E-state index in [0.29, 0.717) is 18.1 Å². The number of halogens is 3. The highest BCUT2D eigenvalue weighted by Gasteiger charge is 2.32. The molecule has 0 spiro atoms. The third-order valence-electron chi connectivity index (χ3n) is 4.10. The topological polar surface area (TPSA) is 74.3 Å². The molecule has 0 aliphatic carbocycles. The molecular weight excluding hydrogens is 393 g/mol. The molecule has 6 nitrogen and oxygen atoms in total. The summed E-state index contributed by atoms with van der Waals surface area (Å²) in [5, 5.41) is 5.78. The number of nitrogens with one attached hydrogen (secondary N) is 2. The Balaban J connectivity index is 1.71. The van der Waals surface area contributed by atoms with Gasteiger partial charge >= 0.3 is 12.2 Å². The van der Waals surface area contributed by atoms with Gasteiger partial charge in [-0.1, -0.05) is 17.4 Å². The fraction of sp³-hybridized carbons (Fsp3) is 0.389. The van der Waals surface area contributed by atoms with Gasteiger partial charge in [-0.25, -0.2) is 9.78 Å². The van der Waals surface area contributed by atoms with Crippen molar-refractivity contribution in [2.75, 3.05) is 11.9 Å². The van der Waals surface area contributed by atoms with E-state index in [-0.39, 0.29) is 24.2 Å². The van der Waals surface area contributed by atoms with Gasteiger partial charge in [-0.05, 0) is 32.0 Å². The molecule has 0 bridgehead atoms. The summed E-state index contributed by atoms with van der Waals surface area (Å²) >= 11 is 1.26. The van der Waals surface area contributed by atoms with Crippen LogP contribution in [0, 0.1) is 0 Å². The number of aromatic nitrogens is 1. The standard InChI is InChI=1S/C18H19F3N4O2S/c1-10(2)22-16(27)24-17-23-13-6-7-25(9-14(13)28-17)15(26)11-4-3-5-12(8-11)18(19,20)21/h3-5,8,10H,6-7,9H2,1-2H3,(H2,22,23,24,27). The maximum absolute atomic E-state index is 12.9. The molecule has 10 heteroatoms. The Labute approximate surface area is 163 Å². The molecule has 1 aliphatic heterocycles. The molecule has 0 fully saturated rings. The minimum absolute atomic E-state index is 0.00236. The predicted molar refractivity (Wildman–Crippen MR) is 99.3 cm³/mol. The molecule has 0 saturated heterocycles. The summed E-state index contributed by atoms with van der Waals surface area (Å²) in [6, 6.07) is 4.03.